The van der Waals surface area contributed by atoms with Crippen molar-refractivity contribution >= 4 is 17.4 Å². The highest BCUT2D eigenvalue weighted by molar-refractivity contribution is 5.94. The highest BCUT2D eigenvalue weighted by Gasteiger charge is 2.39. The first-order valence-electron chi connectivity index (χ1n) is 4.81. The van der Waals surface area contributed by atoms with E-state index in [1.54, 1.807) is 5.32 Å². The first-order chi connectivity index (χ1) is 8.29. The summed E-state index contributed by atoms with van der Waals surface area (Å²) >= 11 is 0. The lowest BCUT2D eigenvalue weighted by atomic mass is 10.4. The summed E-state index contributed by atoms with van der Waals surface area (Å²) in [7, 11) is 0. The van der Waals surface area contributed by atoms with Crippen LogP contribution in [0.3, 0.4) is 0 Å². The molecule has 2 aromatic rings. The van der Waals surface area contributed by atoms with Gasteiger partial charge in [0.15, 0.2) is 5.82 Å². The quantitative estimate of drug-likeness (QED) is 0.800. The molecule has 0 fully saturated rings. The van der Waals surface area contributed by atoms with E-state index in [9.17, 15) is 22.4 Å². The van der Waals surface area contributed by atoms with Gasteiger partial charge in [0, 0.05) is 6.20 Å². The molecule has 8 heteroatoms. The summed E-state index contributed by atoms with van der Waals surface area (Å²) in [6.07, 6.45) is -3.92. The monoisotopic (exact) mass is 261 g/mol. The second-order valence-corrected chi connectivity index (χ2v) is 3.57. The van der Waals surface area contributed by atoms with Crippen LogP contribution in [0.15, 0.2) is 18.3 Å². The van der Waals surface area contributed by atoms with Gasteiger partial charge in [-0.25, -0.2) is 9.37 Å². The second kappa shape index (κ2) is 3.97. The lowest BCUT2D eigenvalue weighted by Crippen LogP contribution is -2.30. The molecule has 0 aromatic carbocycles. The minimum Gasteiger partial charge on any atom is -0.301 e. The Labute approximate surface area is 98.2 Å². The van der Waals surface area contributed by atoms with Gasteiger partial charge in [0.25, 0.3) is 0 Å². The maximum absolute atomic E-state index is 13.0. The molecule has 0 radical (unpaired) electrons. The normalized spacial score (nSPS) is 11.8. The molecule has 0 saturated heterocycles. The molecular weight excluding hydrogens is 254 g/mol. The maximum atomic E-state index is 13.0. The molecular formula is C10H7F4N3O. The van der Waals surface area contributed by atoms with Crippen LogP contribution in [0.25, 0.3) is 5.65 Å². The molecule has 0 aliphatic heterocycles. The Kier molecular flexibility index (Phi) is 2.72. The number of amides is 1. The Morgan fingerprint density at radius 3 is 2.67 bits per heavy atom. The van der Waals surface area contributed by atoms with Crippen LogP contribution in [0, 0.1) is 12.7 Å². The summed E-state index contributed by atoms with van der Waals surface area (Å²) in [5, 5.41) is 1.64. The van der Waals surface area contributed by atoms with Crippen molar-refractivity contribution in [3.63, 3.8) is 0 Å². The Hall–Kier alpha value is -2.12. The summed E-state index contributed by atoms with van der Waals surface area (Å²) in [5.41, 5.74) is 0.452. The van der Waals surface area contributed by atoms with E-state index in [4.69, 9.17) is 0 Å². The Balaban J connectivity index is 2.41. The average molecular weight is 261 g/mol. The predicted molar refractivity (Wildman–Crippen MR) is 54.6 cm³/mol. The number of imidazole rings is 1. The summed E-state index contributed by atoms with van der Waals surface area (Å²) in [5.74, 6) is -2.92. The van der Waals surface area contributed by atoms with E-state index < -0.39 is 17.9 Å². The number of fused-ring (bicyclic) bond motifs is 1. The van der Waals surface area contributed by atoms with Crippen LogP contribution in [0.2, 0.25) is 0 Å². The van der Waals surface area contributed by atoms with Crippen molar-refractivity contribution < 1.29 is 22.4 Å². The molecule has 2 heterocycles. The van der Waals surface area contributed by atoms with Gasteiger partial charge in [-0.3, -0.25) is 9.20 Å². The zero-order chi connectivity index (χ0) is 13.5. The van der Waals surface area contributed by atoms with E-state index >= 15 is 0 Å². The molecule has 0 unspecified atom stereocenters. The Morgan fingerprint density at radius 2 is 2.06 bits per heavy atom. The number of pyridine rings is 1. The Morgan fingerprint density at radius 1 is 1.39 bits per heavy atom. The summed E-state index contributed by atoms with van der Waals surface area (Å²) < 4.78 is 50.5. The van der Waals surface area contributed by atoms with Gasteiger partial charge >= 0.3 is 12.1 Å². The minimum atomic E-state index is -4.99. The molecule has 1 amide bonds. The van der Waals surface area contributed by atoms with Gasteiger partial charge in [0.1, 0.15) is 11.5 Å². The van der Waals surface area contributed by atoms with Crippen LogP contribution in [0.5, 0.6) is 0 Å². The molecule has 0 aliphatic carbocycles. The molecule has 18 heavy (non-hydrogen) atoms. The molecule has 2 rings (SSSR count). The highest BCUT2D eigenvalue weighted by atomic mass is 19.4. The summed E-state index contributed by atoms with van der Waals surface area (Å²) in [6, 6.07) is 2.42. The first kappa shape index (κ1) is 12.3. The van der Waals surface area contributed by atoms with Crippen LogP contribution in [-0.4, -0.2) is 21.5 Å². The zero-order valence-electron chi connectivity index (χ0n) is 9.05. The molecule has 0 atom stereocenters. The van der Waals surface area contributed by atoms with E-state index in [0.29, 0.717) is 0 Å². The number of aryl methyl sites for hydroxylation is 1. The third kappa shape index (κ3) is 2.13. The van der Waals surface area contributed by atoms with E-state index in [1.807, 2.05) is 0 Å². The van der Waals surface area contributed by atoms with Crippen molar-refractivity contribution in [3.05, 3.63) is 29.8 Å². The van der Waals surface area contributed by atoms with Crippen LogP contribution < -0.4 is 5.32 Å². The molecule has 0 saturated carbocycles. The fraction of sp³-hybridized carbons (Fsp3) is 0.200. The fourth-order valence-corrected chi connectivity index (χ4v) is 1.43. The lowest BCUT2D eigenvalue weighted by molar-refractivity contribution is -0.167. The third-order valence-electron chi connectivity index (χ3n) is 2.31. The molecule has 0 bridgehead atoms. The number of rotatable bonds is 1. The van der Waals surface area contributed by atoms with Gasteiger partial charge in [0.2, 0.25) is 0 Å². The van der Waals surface area contributed by atoms with E-state index in [-0.39, 0.29) is 17.2 Å². The molecule has 96 valence electrons. The number of nitrogens with one attached hydrogen (secondary N) is 1. The minimum absolute atomic E-state index is 0.210. The molecule has 0 spiro atoms. The second-order valence-electron chi connectivity index (χ2n) is 3.57. The van der Waals surface area contributed by atoms with Crippen molar-refractivity contribution in [1.29, 1.82) is 0 Å². The molecule has 2 aromatic heterocycles. The van der Waals surface area contributed by atoms with Crippen LogP contribution in [0.4, 0.5) is 23.4 Å². The van der Waals surface area contributed by atoms with Gasteiger partial charge in [-0.1, -0.05) is 0 Å². The predicted octanol–water partition coefficient (Wildman–Crippen LogP) is 2.28. The molecule has 4 nitrogen and oxygen atoms in total. The van der Waals surface area contributed by atoms with Crippen molar-refractivity contribution in [2.75, 3.05) is 5.32 Å². The number of hydrogen-bond acceptors (Lipinski definition) is 2. The standard InChI is InChI=1S/C10H7F4N3O/c1-5-8(16-9(18)10(12,13)14)15-7-3-2-6(11)4-17(5)7/h2-4H,1H3,(H,16,18). The van der Waals surface area contributed by atoms with E-state index in [1.165, 1.54) is 17.4 Å². The van der Waals surface area contributed by atoms with E-state index in [0.717, 1.165) is 12.3 Å². The number of aromatic nitrogens is 2. The lowest BCUT2D eigenvalue weighted by Gasteiger charge is -2.05. The average Bonchev–Trinajstić information content (AvgIpc) is 2.55. The van der Waals surface area contributed by atoms with Crippen LogP contribution in [-0.2, 0) is 4.79 Å². The maximum Gasteiger partial charge on any atom is 0.471 e. The zero-order valence-corrected chi connectivity index (χ0v) is 9.05. The Bertz CT molecular complexity index is 617. The number of anilines is 1. The summed E-state index contributed by atoms with van der Waals surface area (Å²) in [4.78, 5) is 14.5. The van der Waals surface area contributed by atoms with Gasteiger partial charge in [-0.15, -0.1) is 0 Å². The smallest absolute Gasteiger partial charge is 0.301 e. The van der Waals surface area contributed by atoms with Gasteiger partial charge in [-0.2, -0.15) is 13.2 Å². The number of nitrogens with zero attached hydrogens (tertiary/aromatic N) is 2. The number of halogens is 4. The first-order valence-corrected chi connectivity index (χ1v) is 4.81. The van der Waals surface area contributed by atoms with Crippen LogP contribution >= 0.6 is 0 Å². The van der Waals surface area contributed by atoms with Crippen LogP contribution in [0.1, 0.15) is 5.69 Å². The number of carbonyl (C=O) groups is 1. The SMILES string of the molecule is Cc1c(NC(=O)C(F)(F)F)nc2ccc(F)cn12. The summed E-state index contributed by atoms with van der Waals surface area (Å²) in [6.45, 7) is 1.42. The number of alkyl halides is 3. The van der Waals surface area contributed by atoms with Crippen molar-refractivity contribution in [2.45, 2.75) is 13.1 Å². The van der Waals surface area contributed by atoms with Gasteiger partial charge < -0.3 is 5.32 Å². The topological polar surface area (TPSA) is 46.4 Å². The van der Waals surface area contributed by atoms with E-state index in [2.05, 4.69) is 4.98 Å². The molecule has 0 aliphatic rings. The largest absolute Gasteiger partial charge is 0.471 e. The number of hydrogen-bond donors (Lipinski definition) is 1. The van der Waals surface area contributed by atoms with Gasteiger partial charge in [0.05, 0.1) is 5.69 Å². The van der Waals surface area contributed by atoms with Crippen molar-refractivity contribution in [3.8, 4) is 0 Å². The van der Waals surface area contributed by atoms with Crippen molar-refractivity contribution in [1.82, 2.24) is 9.38 Å². The highest BCUT2D eigenvalue weighted by Crippen LogP contribution is 2.21. The number of carbonyl (C=O) groups excluding carboxylic acids is 1. The van der Waals surface area contributed by atoms with Crippen molar-refractivity contribution in [2.24, 2.45) is 0 Å². The third-order valence-corrected chi connectivity index (χ3v) is 2.31. The molecule has 1 N–H and O–H groups in total. The fourth-order valence-electron chi connectivity index (χ4n) is 1.43. The van der Waals surface area contributed by atoms with Gasteiger partial charge in [-0.05, 0) is 19.1 Å².